The number of hydrogen-bond donors (Lipinski definition) is 2. The molecule has 2 N–H and O–H groups in total. The lowest BCUT2D eigenvalue weighted by Gasteiger charge is -2.32. The highest BCUT2D eigenvalue weighted by Gasteiger charge is 2.21. The smallest absolute Gasteiger partial charge is 0.227 e. The summed E-state index contributed by atoms with van der Waals surface area (Å²) in [5.41, 5.74) is 2.17. The van der Waals surface area contributed by atoms with Crippen LogP contribution in [0, 0.1) is 5.92 Å². The Bertz CT molecular complexity index is 668. The molecule has 2 aliphatic rings. The van der Waals surface area contributed by atoms with Crippen LogP contribution in [0.25, 0.3) is 0 Å². The molecule has 0 bridgehead atoms. The summed E-state index contributed by atoms with van der Waals surface area (Å²) in [6.45, 7) is 6.63. The van der Waals surface area contributed by atoms with Gasteiger partial charge >= 0.3 is 0 Å². The highest BCUT2D eigenvalue weighted by molar-refractivity contribution is 5.95. The predicted molar refractivity (Wildman–Crippen MR) is 117 cm³/mol. The molecule has 0 aliphatic carbocycles. The summed E-state index contributed by atoms with van der Waals surface area (Å²) in [6.07, 6.45) is 4.04. The number of carbonyl (C=O) groups excluding carboxylic acids is 1. The number of aliphatic imine (C=N–C) groups is 1. The zero-order valence-electron chi connectivity index (χ0n) is 17.8. The zero-order chi connectivity index (χ0) is 20.5. The van der Waals surface area contributed by atoms with Crippen LogP contribution in [0.2, 0.25) is 0 Å². The van der Waals surface area contributed by atoms with Crippen molar-refractivity contribution in [2.24, 2.45) is 10.9 Å². The third-order valence-electron chi connectivity index (χ3n) is 5.88. The zero-order valence-corrected chi connectivity index (χ0v) is 17.8. The van der Waals surface area contributed by atoms with Gasteiger partial charge in [0.1, 0.15) is 0 Å². The number of nitrogens with one attached hydrogen (secondary N) is 2. The third kappa shape index (κ3) is 6.44. The second-order valence-corrected chi connectivity index (χ2v) is 7.90. The molecule has 3 rings (SSSR count). The van der Waals surface area contributed by atoms with Crippen molar-refractivity contribution in [3.05, 3.63) is 29.8 Å². The molecule has 0 aromatic heterocycles. The second-order valence-electron chi connectivity index (χ2n) is 7.90. The van der Waals surface area contributed by atoms with Gasteiger partial charge in [0.15, 0.2) is 5.96 Å². The van der Waals surface area contributed by atoms with Crippen molar-refractivity contribution in [2.45, 2.75) is 32.2 Å². The van der Waals surface area contributed by atoms with E-state index in [0.29, 0.717) is 18.9 Å². The van der Waals surface area contributed by atoms with Crippen molar-refractivity contribution in [2.75, 3.05) is 58.4 Å². The minimum atomic E-state index is 0.227. The molecule has 29 heavy (non-hydrogen) atoms. The van der Waals surface area contributed by atoms with Crippen molar-refractivity contribution >= 4 is 17.6 Å². The number of methoxy groups -OCH3 is 1. The molecule has 1 aromatic rings. The number of amides is 1. The van der Waals surface area contributed by atoms with Crippen molar-refractivity contribution < 1.29 is 9.53 Å². The molecule has 7 nitrogen and oxygen atoms in total. The Morgan fingerprint density at radius 1 is 1.17 bits per heavy atom. The van der Waals surface area contributed by atoms with Crippen LogP contribution in [0.15, 0.2) is 29.3 Å². The van der Waals surface area contributed by atoms with E-state index in [2.05, 4.69) is 32.7 Å². The van der Waals surface area contributed by atoms with Gasteiger partial charge in [-0.3, -0.25) is 9.79 Å². The van der Waals surface area contributed by atoms with Crippen molar-refractivity contribution in [3.63, 3.8) is 0 Å². The molecule has 0 atom stereocenters. The van der Waals surface area contributed by atoms with E-state index in [9.17, 15) is 4.79 Å². The molecule has 0 unspecified atom stereocenters. The van der Waals surface area contributed by atoms with E-state index in [0.717, 1.165) is 57.4 Å². The number of guanidine groups is 1. The van der Waals surface area contributed by atoms with Gasteiger partial charge in [-0.25, -0.2) is 0 Å². The summed E-state index contributed by atoms with van der Waals surface area (Å²) in [5, 5.41) is 6.86. The second kappa shape index (κ2) is 11.2. The maximum atomic E-state index is 11.9. The Balaban J connectivity index is 1.38. The van der Waals surface area contributed by atoms with Crippen LogP contribution < -0.4 is 15.5 Å². The van der Waals surface area contributed by atoms with E-state index >= 15 is 0 Å². The van der Waals surface area contributed by atoms with Crippen LogP contribution in [0.5, 0.6) is 0 Å². The van der Waals surface area contributed by atoms with Crippen LogP contribution >= 0.6 is 0 Å². The summed E-state index contributed by atoms with van der Waals surface area (Å²) in [7, 11) is 3.57. The first-order valence-electron chi connectivity index (χ1n) is 10.7. The van der Waals surface area contributed by atoms with Crippen molar-refractivity contribution in [3.8, 4) is 0 Å². The monoisotopic (exact) mass is 401 g/mol. The quantitative estimate of drug-likeness (QED) is 0.514. The Hall–Kier alpha value is -2.12. The number of nitrogens with zero attached hydrogens (tertiary/aromatic N) is 3. The van der Waals surface area contributed by atoms with Gasteiger partial charge in [-0.2, -0.15) is 0 Å². The van der Waals surface area contributed by atoms with E-state index in [1.54, 1.807) is 7.11 Å². The number of likely N-dealkylation sites (tertiary alicyclic amines) is 1. The molecule has 1 aromatic carbocycles. The number of hydrogen-bond acceptors (Lipinski definition) is 4. The molecule has 2 aliphatic heterocycles. The molecule has 1 amide bonds. The van der Waals surface area contributed by atoms with E-state index in [4.69, 9.17) is 4.74 Å². The van der Waals surface area contributed by atoms with Crippen LogP contribution in [0.3, 0.4) is 0 Å². The highest BCUT2D eigenvalue weighted by atomic mass is 16.5. The van der Waals surface area contributed by atoms with Gasteiger partial charge < -0.3 is 25.2 Å². The first-order valence-corrected chi connectivity index (χ1v) is 10.7. The first-order chi connectivity index (χ1) is 14.2. The van der Waals surface area contributed by atoms with Crippen LogP contribution in [0.1, 0.15) is 31.2 Å². The van der Waals surface area contributed by atoms with Gasteiger partial charge in [0.25, 0.3) is 0 Å². The lowest BCUT2D eigenvalue weighted by atomic mass is 9.97. The predicted octanol–water partition coefficient (Wildman–Crippen LogP) is 1.84. The fourth-order valence-electron chi connectivity index (χ4n) is 4.00. The summed E-state index contributed by atoms with van der Waals surface area (Å²) >= 11 is 0. The molecule has 0 spiro atoms. The molecule has 0 radical (unpaired) electrons. The lowest BCUT2D eigenvalue weighted by Crippen LogP contribution is -2.43. The van der Waals surface area contributed by atoms with E-state index < -0.39 is 0 Å². The summed E-state index contributed by atoms with van der Waals surface area (Å²) < 4.78 is 5.17. The Kier molecular flexibility index (Phi) is 8.31. The molecular weight excluding hydrogens is 366 g/mol. The Labute approximate surface area is 174 Å². The minimum absolute atomic E-state index is 0.227. The third-order valence-corrected chi connectivity index (χ3v) is 5.88. The van der Waals surface area contributed by atoms with Gasteiger partial charge in [0.05, 0.1) is 6.61 Å². The van der Waals surface area contributed by atoms with Gasteiger partial charge in [0, 0.05) is 52.4 Å². The summed E-state index contributed by atoms with van der Waals surface area (Å²) in [4.78, 5) is 20.6. The molecule has 2 heterocycles. The highest BCUT2D eigenvalue weighted by Crippen LogP contribution is 2.21. The van der Waals surface area contributed by atoms with Gasteiger partial charge in [0.2, 0.25) is 5.91 Å². The van der Waals surface area contributed by atoms with Crippen LogP contribution in [-0.4, -0.2) is 70.3 Å². The van der Waals surface area contributed by atoms with Gasteiger partial charge in [-0.1, -0.05) is 12.1 Å². The normalized spacial score (nSPS) is 19.0. The maximum Gasteiger partial charge on any atom is 0.227 e. The fourth-order valence-corrected chi connectivity index (χ4v) is 4.00. The Morgan fingerprint density at radius 2 is 1.93 bits per heavy atom. The molecular formula is C22H35N5O2. The minimum Gasteiger partial charge on any atom is -0.383 e. The SMILES string of the molecule is CN=C(NCc1ccc(N2CCCC2=O)cc1)NCC1CCN(CCOC)CC1. The molecule has 7 heteroatoms. The van der Waals surface area contributed by atoms with Crippen LogP contribution in [0.4, 0.5) is 5.69 Å². The van der Waals surface area contributed by atoms with Crippen molar-refractivity contribution in [1.82, 2.24) is 15.5 Å². The van der Waals surface area contributed by atoms with E-state index in [-0.39, 0.29) is 5.91 Å². The van der Waals surface area contributed by atoms with Gasteiger partial charge in [-0.05, 0) is 56.0 Å². The van der Waals surface area contributed by atoms with E-state index in [1.807, 2.05) is 24.1 Å². The maximum absolute atomic E-state index is 11.9. The molecule has 2 saturated heterocycles. The standard InChI is InChI=1S/C22H35N5O2/c1-23-22(25-17-19-9-12-26(13-10-19)14-15-29-2)24-16-18-5-7-20(8-6-18)27-11-3-4-21(27)28/h5-8,19H,3-4,9-17H2,1-2H3,(H2,23,24,25). The summed E-state index contributed by atoms with van der Waals surface area (Å²) in [5.74, 6) is 1.75. The lowest BCUT2D eigenvalue weighted by molar-refractivity contribution is -0.117. The number of anilines is 1. The van der Waals surface area contributed by atoms with Gasteiger partial charge in [-0.15, -0.1) is 0 Å². The van der Waals surface area contributed by atoms with E-state index in [1.165, 1.54) is 18.4 Å². The molecule has 0 saturated carbocycles. The van der Waals surface area contributed by atoms with Crippen LogP contribution in [-0.2, 0) is 16.1 Å². The topological polar surface area (TPSA) is 69.2 Å². The fraction of sp³-hybridized carbons (Fsp3) is 0.636. The molecule has 160 valence electrons. The summed E-state index contributed by atoms with van der Waals surface area (Å²) in [6, 6.07) is 8.23. The number of ether oxygens (including phenoxy) is 1. The van der Waals surface area contributed by atoms with Crippen molar-refractivity contribution in [1.29, 1.82) is 0 Å². The average molecular weight is 402 g/mol. The average Bonchev–Trinajstić information content (AvgIpc) is 3.19. The number of rotatable bonds is 8. The Morgan fingerprint density at radius 3 is 2.55 bits per heavy atom. The number of benzene rings is 1. The first kappa shape index (κ1) is 21.6. The largest absolute Gasteiger partial charge is 0.383 e. The molecule has 2 fully saturated rings. The number of piperidine rings is 1. The number of carbonyl (C=O) groups is 1.